The third kappa shape index (κ3) is 43.6. The first-order valence-corrected chi connectivity index (χ1v) is 24.5. The van der Waals surface area contributed by atoms with Gasteiger partial charge in [-0.25, -0.2) is 0 Å². The van der Waals surface area contributed by atoms with Gasteiger partial charge >= 0.3 is 11.9 Å². The lowest BCUT2D eigenvalue weighted by Gasteiger charge is -2.28. The summed E-state index contributed by atoms with van der Waals surface area (Å²) in [5.74, 6) is -0.926. The number of esters is 2. The van der Waals surface area contributed by atoms with Gasteiger partial charge in [0, 0.05) is 12.8 Å². The number of carbonyl (C=O) groups excluding carboxylic acids is 2. The number of aliphatic hydroxyl groups is 1. The van der Waals surface area contributed by atoms with Crippen molar-refractivity contribution in [2.75, 3.05) is 47.5 Å². The minimum Gasteiger partial charge on any atom is -0.756 e. The number of carbonyl (C=O) groups is 2. The molecule has 0 amide bonds. The first-order valence-electron chi connectivity index (χ1n) is 23.1. The molecule has 0 saturated heterocycles. The van der Waals surface area contributed by atoms with Crippen LogP contribution in [-0.4, -0.2) is 81.2 Å². The van der Waals surface area contributed by atoms with Gasteiger partial charge in [0.2, 0.25) is 0 Å². The van der Waals surface area contributed by atoms with Crippen molar-refractivity contribution in [3.05, 3.63) is 60.8 Å². The maximum atomic E-state index is 12.7. The van der Waals surface area contributed by atoms with E-state index in [1.54, 1.807) is 0 Å². The Morgan fingerprint density at radius 3 is 1.64 bits per heavy atom. The van der Waals surface area contributed by atoms with E-state index in [0.29, 0.717) is 30.3 Å². The van der Waals surface area contributed by atoms with Crippen LogP contribution < -0.4 is 4.89 Å². The summed E-state index contributed by atoms with van der Waals surface area (Å²) < 4.78 is 33.8. The summed E-state index contributed by atoms with van der Waals surface area (Å²) >= 11 is 0. The van der Waals surface area contributed by atoms with E-state index in [1.165, 1.54) is 64.2 Å². The first kappa shape index (κ1) is 56.7. The lowest BCUT2D eigenvalue weighted by molar-refractivity contribution is -0.870. The standard InChI is InChI=1S/C48H86NO9P/c1-6-8-9-10-11-12-13-14-15-16-17-21-24-27-30-33-36-39-47(51)55-43-46(44-57-59(53,54)56-42-41-49(3,4)5)58-48(52)40-37-34-31-28-25-22-19-18-20-23-26-29-32-35-38-45(50)7-2/h14-15,19-20,22-23,28-29,31-32,45-46,50H,6-13,16-18,21,24-27,30,33-44H2,1-5H3/b15-14-,22-19-,23-20-,31-28-,32-29-/t45-,46-/m1/s1. The van der Waals surface area contributed by atoms with Crippen LogP contribution in [0.2, 0.25) is 0 Å². The summed E-state index contributed by atoms with van der Waals surface area (Å²) in [6, 6.07) is 0. The SMILES string of the molecule is CCCCCCCC/C=C\CCCCCCCCCC(=O)OC[C@H](COP(=O)([O-])OCC[N+](C)(C)C)OC(=O)CCC/C=C\C/C=C\C/C=C\C/C=C\CC[C@H](O)CC. The number of allylic oxidation sites excluding steroid dienone is 10. The minimum atomic E-state index is -4.65. The molecule has 0 aromatic carbocycles. The molecule has 10 nitrogen and oxygen atoms in total. The second-order valence-corrected chi connectivity index (χ2v) is 18.0. The normalized spacial score (nSPS) is 14.6. The van der Waals surface area contributed by atoms with Crippen molar-refractivity contribution in [3.63, 3.8) is 0 Å². The molecule has 0 aliphatic carbocycles. The van der Waals surface area contributed by atoms with Crippen molar-refractivity contribution in [2.24, 2.45) is 0 Å². The van der Waals surface area contributed by atoms with E-state index in [9.17, 15) is 24.2 Å². The Balaban J connectivity index is 4.45. The van der Waals surface area contributed by atoms with Gasteiger partial charge in [0.1, 0.15) is 19.8 Å². The fraction of sp³-hybridized carbons (Fsp3) is 0.750. The zero-order valence-electron chi connectivity index (χ0n) is 38.0. The zero-order valence-corrected chi connectivity index (χ0v) is 38.9. The molecule has 11 heteroatoms. The number of ether oxygens (including phenoxy) is 2. The van der Waals surface area contributed by atoms with E-state index < -0.39 is 32.5 Å². The number of unbranched alkanes of at least 4 members (excludes halogenated alkanes) is 14. The Hall–Kier alpha value is -2.33. The van der Waals surface area contributed by atoms with Crippen molar-refractivity contribution in [1.29, 1.82) is 0 Å². The molecule has 0 aliphatic rings. The third-order valence-electron chi connectivity index (χ3n) is 9.67. The minimum absolute atomic E-state index is 0.0501. The van der Waals surface area contributed by atoms with Crippen LogP contribution in [0.3, 0.4) is 0 Å². The summed E-state index contributed by atoms with van der Waals surface area (Å²) in [7, 11) is 1.10. The topological polar surface area (TPSA) is 131 Å². The summed E-state index contributed by atoms with van der Waals surface area (Å²) in [5.41, 5.74) is 0. The van der Waals surface area contributed by atoms with Crippen LogP contribution in [0.4, 0.5) is 0 Å². The molecule has 0 heterocycles. The fourth-order valence-corrected chi connectivity index (χ4v) is 6.59. The van der Waals surface area contributed by atoms with Crippen molar-refractivity contribution in [1.82, 2.24) is 0 Å². The predicted molar refractivity (Wildman–Crippen MR) is 242 cm³/mol. The lowest BCUT2D eigenvalue weighted by Crippen LogP contribution is -2.37. The van der Waals surface area contributed by atoms with E-state index in [1.807, 2.05) is 34.1 Å². The Morgan fingerprint density at radius 2 is 1.08 bits per heavy atom. The summed E-state index contributed by atoms with van der Waals surface area (Å²) in [6.45, 7) is 3.86. The van der Waals surface area contributed by atoms with E-state index in [0.717, 1.165) is 64.2 Å². The van der Waals surface area contributed by atoms with Crippen LogP contribution in [0.25, 0.3) is 0 Å². The van der Waals surface area contributed by atoms with Gasteiger partial charge in [0.25, 0.3) is 7.82 Å². The Bertz CT molecular complexity index is 1210. The van der Waals surface area contributed by atoms with Crippen LogP contribution in [0.5, 0.6) is 0 Å². The van der Waals surface area contributed by atoms with Crippen molar-refractivity contribution in [3.8, 4) is 0 Å². The predicted octanol–water partition coefficient (Wildman–Crippen LogP) is 11.6. The Labute approximate surface area is 360 Å². The van der Waals surface area contributed by atoms with Gasteiger partial charge in [-0.1, -0.05) is 139 Å². The van der Waals surface area contributed by atoms with E-state index >= 15 is 0 Å². The van der Waals surface area contributed by atoms with Crippen LogP contribution >= 0.6 is 7.82 Å². The molecule has 0 rings (SSSR count). The maximum Gasteiger partial charge on any atom is 0.306 e. The van der Waals surface area contributed by atoms with Crippen LogP contribution in [0.15, 0.2) is 60.8 Å². The molecule has 0 aromatic heterocycles. The molecule has 342 valence electrons. The van der Waals surface area contributed by atoms with Gasteiger partial charge in [-0.3, -0.25) is 14.2 Å². The fourth-order valence-electron chi connectivity index (χ4n) is 5.86. The molecule has 0 saturated carbocycles. The maximum absolute atomic E-state index is 12.7. The average Bonchev–Trinajstić information content (AvgIpc) is 3.19. The van der Waals surface area contributed by atoms with Crippen molar-refractivity contribution >= 4 is 19.8 Å². The monoisotopic (exact) mass is 852 g/mol. The van der Waals surface area contributed by atoms with Gasteiger partial charge in [0.15, 0.2) is 6.10 Å². The lowest BCUT2D eigenvalue weighted by atomic mass is 10.1. The third-order valence-corrected chi connectivity index (χ3v) is 10.6. The van der Waals surface area contributed by atoms with Gasteiger partial charge in [-0.05, 0) is 83.5 Å². The largest absolute Gasteiger partial charge is 0.756 e. The number of phosphoric ester groups is 1. The van der Waals surface area contributed by atoms with E-state index in [-0.39, 0.29) is 32.2 Å². The quantitative estimate of drug-likeness (QED) is 0.0210. The smallest absolute Gasteiger partial charge is 0.306 e. The van der Waals surface area contributed by atoms with Crippen molar-refractivity contribution in [2.45, 2.75) is 187 Å². The van der Waals surface area contributed by atoms with E-state index in [2.05, 4.69) is 61.6 Å². The molecule has 0 fully saturated rings. The van der Waals surface area contributed by atoms with Gasteiger partial charge < -0.3 is 33.0 Å². The van der Waals surface area contributed by atoms with Gasteiger partial charge in [-0.2, -0.15) is 0 Å². The molecule has 0 spiro atoms. The number of hydrogen-bond donors (Lipinski definition) is 1. The highest BCUT2D eigenvalue weighted by atomic mass is 31.2. The molecule has 1 unspecified atom stereocenters. The zero-order chi connectivity index (χ0) is 43.7. The number of likely N-dealkylation sites (N-methyl/N-ethyl adjacent to an activating group) is 1. The van der Waals surface area contributed by atoms with Crippen LogP contribution in [0, 0.1) is 0 Å². The highest BCUT2D eigenvalue weighted by Crippen LogP contribution is 2.38. The van der Waals surface area contributed by atoms with Crippen LogP contribution in [0.1, 0.15) is 174 Å². The molecule has 0 radical (unpaired) electrons. The Kier molecular flexibility index (Phi) is 38.2. The second-order valence-electron chi connectivity index (χ2n) is 16.6. The van der Waals surface area contributed by atoms with Gasteiger partial charge in [0.05, 0.1) is 33.9 Å². The molecule has 0 bridgehead atoms. The van der Waals surface area contributed by atoms with Crippen LogP contribution in [-0.2, 0) is 32.7 Å². The molecule has 0 aromatic rings. The molecule has 59 heavy (non-hydrogen) atoms. The number of hydrogen-bond acceptors (Lipinski definition) is 9. The number of quaternary nitrogens is 1. The molecule has 1 N–H and O–H groups in total. The summed E-state index contributed by atoms with van der Waals surface area (Å²) in [4.78, 5) is 37.6. The summed E-state index contributed by atoms with van der Waals surface area (Å²) in [5, 5.41) is 9.57. The number of rotatable bonds is 41. The average molecular weight is 852 g/mol. The van der Waals surface area contributed by atoms with Gasteiger partial charge in [-0.15, -0.1) is 0 Å². The van der Waals surface area contributed by atoms with E-state index in [4.69, 9.17) is 18.5 Å². The van der Waals surface area contributed by atoms with Crippen molar-refractivity contribution < 1.29 is 47.2 Å². The summed E-state index contributed by atoms with van der Waals surface area (Å²) in [6.07, 6.45) is 44.8. The second kappa shape index (κ2) is 39.8. The molecular weight excluding hydrogens is 765 g/mol. The first-order chi connectivity index (χ1) is 28.4. The number of phosphoric acid groups is 1. The highest BCUT2D eigenvalue weighted by Gasteiger charge is 2.21. The highest BCUT2D eigenvalue weighted by molar-refractivity contribution is 7.45. The number of nitrogens with zero attached hydrogens (tertiary/aromatic N) is 1. The molecule has 0 aliphatic heterocycles. The Morgan fingerprint density at radius 1 is 0.610 bits per heavy atom. The number of aliphatic hydroxyl groups excluding tert-OH is 1. The molecular formula is C48H86NO9P. The molecule has 3 atom stereocenters.